The smallest absolute Gasteiger partial charge is 0.267 e. The standard InChI is InChI=1S/C22H18FN3O3S/c1-14-2-5-17(23)11-21(14)30(28,29)18-6-3-15(4-7-18)12-25-22(27)20-10-16-13-24-9-8-19(16)26-20/h2-11,13,26H,12H2,1H3,(H,25,27). The van der Waals surface area contributed by atoms with E-state index in [0.717, 1.165) is 22.5 Å². The Labute approximate surface area is 172 Å². The van der Waals surface area contributed by atoms with Gasteiger partial charge >= 0.3 is 0 Å². The Morgan fingerprint density at radius 1 is 1.10 bits per heavy atom. The maximum absolute atomic E-state index is 13.5. The van der Waals surface area contributed by atoms with Crippen LogP contribution in [0.4, 0.5) is 4.39 Å². The lowest BCUT2D eigenvalue weighted by Crippen LogP contribution is -2.23. The molecule has 0 saturated heterocycles. The number of rotatable bonds is 5. The molecule has 2 N–H and O–H groups in total. The van der Waals surface area contributed by atoms with E-state index in [1.807, 2.05) is 0 Å². The largest absolute Gasteiger partial charge is 0.350 e. The van der Waals surface area contributed by atoms with Crippen LogP contribution in [0, 0.1) is 12.7 Å². The summed E-state index contributed by atoms with van der Waals surface area (Å²) in [6.45, 7) is 1.85. The van der Waals surface area contributed by atoms with Gasteiger partial charge in [0.1, 0.15) is 11.5 Å². The van der Waals surface area contributed by atoms with Crippen LogP contribution in [0.1, 0.15) is 21.6 Å². The lowest BCUT2D eigenvalue weighted by atomic mass is 10.2. The number of benzene rings is 2. The van der Waals surface area contributed by atoms with E-state index in [4.69, 9.17) is 0 Å². The maximum atomic E-state index is 13.5. The van der Waals surface area contributed by atoms with Crippen molar-refractivity contribution in [3.8, 4) is 0 Å². The van der Waals surface area contributed by atoms with Crippen LogP contribution in [0.5, 0.6) is 0 Å². The molecule has 2 aromatic carbocycles. The number of aromatic nitrogens is 2. The van der Waals surface area contributed by atoms with Crippen molar-refractivity contribution in [2.24, 2.45) is 0 Å². The molecule has 0 atom stereocenters. The summed E-state index contributed by atoms with van der Waals surface area (Å²) < 4.78 is 39.1. The molecule has 6 nitrogen and oxygen atoms in total. The van der Waals surface area contributed by atoms with Crippen molar-refractivity contribution in [1.82, 2.24) is 15.3 Å². The van der Waals surface area contributed by atoms with Gasteiger partial charge in [0.2, 0.25) is 9.84 Å². The molecule has 0 radical (unpaired) electrons. The first-order valence-electron chi connectivity index (χ1n) is 9.16. The summed E-state index contributed by atoms with van der Waals surface area (Å²) in [6, 6.07) is 13.3. The van der Waals surface area contributed by atoms with Gasteiger partial charge in [0.25, 0.3) is 5.91 Å². The second kappa shape index (κ2) is 7.72. The van der Waals surface area contributed by atoms with Gasteiger partial charge in [-0.15, -0.1) is 0 Å². The lowest BCUT2D eigenvalue weighted by molar-refractivity contribution is 0.0946. The number of amides is 1. The molecule has 2 aromatic heterocycles. The highest BCUT2D eigenvalue weighted by Gasteiger charge is 2.20. The van der Waals surface area contributed by atoms with Crippen LogP contribution in [0.25, 0.3) is 10.9 Å². The normalized spacial score (nSPS) is 11.5. The Morgan fingerprint density at radius 3 is 2.60 bits per heavy atom. The number of sulfone groups is 1. The zero-order valence-corrected chi connectivity index (χ0v) is 16.8. The number of hydrogen-bond donors (Lipinski definition) is 2. The number of nitrogens with one attached hydrogen (secondary N) is 2. The Kier molecular flexibility index (Phi) is 5.09. The van der Waals surface area contributed by atoms with Crippen molar-refractivity contribution in [3.63, 3.8) is 0 Å². The number of carbonyl (C=O) groups excluding carboxylic acids is 1. The monoisotopic (exact) mass is 423 g/mol. The van der Waals surface area contributed by atoms with E-state index >= 15 is 0 Å². The minimum absolute atomic E-state index is 0.0585. The Bertz CT molecular complexity index is 1310. The summed E-state index contributed by atoms with van der Waals surface area (Å²) in [5.41, 5.74) is 2.44. The Balaban J connectivity index is 1.48. The number of aryl methyl sites for hydroxylation is 1. The Hall–Kier alpha value is -3.52. The number of H-pyrrole nitrogens is 1. The van der Waals surface area contributed by atoms with Crippen molar-refractivity contribution in [2.75, 3.05) is 0 Å². The lowest BCUT2D eigenvalue weighted by Gasteiger charge is -2.09. The first-order valence-corrected chi connectivity index (χ1v) is 10.6. The fourth-order valence-electron chi connectivity index (χ4n) is 3.15. The average Bonchev–Trinajstić information content (AvgIpc) is 3.18. The SMILES string of the molecule is Cc1ccc(F)cc1S(=O)(=O)c1ccc(CNC(=O)c2cc3cnccc3[nH]2)cc1. The molecule has 152 valence electrons. The van der Waals surface area contributed by atoms with E-state index in [9.17, 15) is 17.6 Å². The molecule has 0 aliphatic heterocycles. The molecule has 4 aromatic rings. The quantitative estimate of drug-likeness (QED) is 0.511. The van der Waals surface area contributed by atoms with E-state index in [-0.39, 0.29) is 22.2 Å². The Morgan fingerprint density at radius 2 is 1.87 bits per heavy atom. The molecule has 4 rings (SSSR count). The molecular formula is C22H18FN3O3S. The number of pyridine rings is 1. The summed E-state index contributed by atoms with van der Waals surface area (Å²) in [5.74, 6) is -0.885. The van der Waals surface area contributed by atoms with Crippen molar-refractivity contribution >= 4 is 26.6 Å². The zero-order valence-electron chi connectivity index (χ0n) is 16.0. The molecule has 1 amide bonds. The number of fused-ring (bicyclic) bond motifs is 1. The van der Waals surface area contributed by atoms with Crippen molar-refractivity contribution in [2.45, 2.75) is 23.3 Å². The van der Waals surface area contributed by atoms with Crippen LogP contribution >= 0.6 is 0 Å². The van der Waals surface area contributed by atoms with Crippen LogP contribution < -0.4 is 5.32 Å². The minimum Gasteiger partial charge on any atom is -0.350 e. The predicted octanol–water partition coefficient (Wildman–Crippen LogP) is 3.77. The van der Waals surface area contributed by atoms with Crippen molar-refractivity contribution in [1.29, 1.82) is 0 Å². The molecule has 0 fully saturated rings. The molecule has 0 aliphatic rings. The van der Waals surface area contributed by atoms with Gasteiger partial charge in [-0.1, -0.05) is 18.2 Å². The van der Waals surface area contributed by atoms with Gasteiger partial charge in [0.05, 0.1) is 9.79 Å². The number of nitrogens with zero attached hydrogens (tertiary/aromatic N) is 1. The minimum atomic E-state index is -3.84. The third-order valence-electron chi connectivity index (χ3n) is 4.79. The molecule has 8 heteroatoms. The van der Waals surface area contributed by atoms with Gasteiger partial charge in [0.15, 0.2) is 0 Å². The number of aromatic amines is 1. The summed E-state index contributed by atoms with van der Waals surface area (Å²) in [7, 11) is -3.84. The predicted molar refractivity (Wildman–Crippen MR) is 110 cm³/mol. The van der Waals surface area contributed by atoms with E-state index in [1.165, 1.54) is 24.3 Å². The molecule has 0 saturated carbocycles. The second-order valence-corrected chi connectivity index (χ2v) is 8.80. The van der Waals surface area contributed by atoms with Gasteiger partial charge in [-0.25, -0.2) is 12.8 Å². The number of hydrogen-bond acceptors (Lipinski definition) is 4. The molecule has 0 spiro atoms. The van der Waals surface area contributed by atoms with Crippen LogP contribution in [-0.2, 0) is 16.4 Å². The van der Waals surface area contributed by atoms with Gasteiger partial charge in [-0.2, -0.15) is 0 Å². The van der Waals surface area contributed by atoms with Crippen LogP contribution in [0.15, 0.2) is 76.8 Å². The maximum Gasteiger partial charge on any atom is 0.267 e. The van der Waals surface area contributed by atoms with Crippen LogP contribution in [-0.4, -0.2) is 24.3 Å². The molecule has 2 heterocycles. The summed E-state index contributed by atoms with van der Waals surface area (Å²) in [4.78, 5) is 19.4. The molecular weight excluding hydrogens is 405 g/mol. The molecule has 0 unspecified atom stereocenters. The fourth-order valence-corrected chi connectivity index (χ4v) is 4.66. The first-order chi connectivity index (χ1) is 14.3. The molecule has 0 bridgehead atoms. The number of carbonyl (C=O) groups is 1. The average molecular weight is 423 g/mol. The summed E-state index contributed by atoms with van der Waals surface area (Å²) in [5, 5.41) is 3.63. The van der Waals surface area contributed by atoms with E-state index in [1.54, 1.807) is 43.6 Å². The van der Waals surface area contributed by atoms with E-state index in [0.29, 0.717) is 11.3 Å². The molecule has 0 aliphatic carbocycles. The highest BCUT2D eigenvalue weighted by atomic mass is 32.2. The highest BCUT2D eigenvalue weighted by Crippen LogP contribution is 2.25. The summed E-state index contributed by atoms with van der Waals surface area (Å²) in [6.07, 6.45) is 3.31. The zero-order chi connectivity index (χ0) is 21.3. The van der Waals surface area contributed by atoms with Crippen LogP contribution in [0.2, 0.25) is 0 Å². The van der Waals surface area contributed by atoms with Gasteiger partial charge in [-0.05, 0) is 54.4 Å². The van der Waals surface area contributed by atoms with Gasteiger partial charge in [-0.3, -0.25) is 9.78 Å². The molecule has 30 heavy (non-hydrogen) atoms. The van der Waals surface area contributed by atoms with Crippen molar-refractivity contribution < 1.29 is 17.6 Å². The van der Waals surface area contributed by atoms with Crippen molar-refractivity contribution in [3.05, 3.63) is 89.6 Å². The van der Waals surface area contributed by atoms with Gasteiger partial charge < -0.3 is 10.3 Å². The van der Waals surface area contributed by atoms with E-state index in [2.05, 4.69) is 15.3 Å². The second-order valence-electron chi connectivity index (χ2n) is 6.89. The fraction of sp³-hybridized carbons (Fsp3) is 0.0909. The third-order valence-corrected chi connectivity index (χ3v) is 6.70. The number of halogens is 1. The van der Waals surface area contributed by atoms with Gasteiger partial charge in [0, 0.05) is 29.8 Å². The van der Waals surface area contributed by atoms with E-state index < -0.39 is 15.7 Å². The first kappa shape index (κ1) is 19.8. The van der Waals surface area contributed by atoms with Crippen LogP contribution in [0.3, 0.4) is 0 Å². The highest BCUT2D eigenvalue weighted by molar-refractivity contribution is 7.91. The summed E-state index contributed by atoms with van der Waals surface area (Å²) >= 11 is 0. The topological polar surface area (TPSA) is 91.9 Å². The third kappa shape index (κ3) is 3.81.